The van der Waals surface area contributed by atoms with Crippen LogP contribution in [0.4, 0.5) is 0 Å². The Kier molecular flexibility index (Phi) is 3.66. The molecular formula is C10H8BrNO. The lowest BCUT2D eigenvalue weighted by Crippen LogP contribution is -1.97. The molecule has 0 saturated heterocycles. The highest BCUT2D eigenvalue weighted by atomic mass is 79.9. The maximum Gasteiger partial charge on any atom is 0.178 e. The summed E-state index contributed by atoms with van der Waals surface area (Å²) in [4.78, 5) is 15.0. The second-order valence-electron chi connectivity index (χ2n) is 2.40. The number of halogens is 1. The van der Waals surface area contributed by atoms with Gasteiger partial charge in [-0.2, -0.15) is 0 Å². The first-order valence-electron chi connectivity index (χ1n) is 3.77. The minimum Gasteiger partial charge on any atom is -0.293 e. The van der Waals surface area contributed by atoms with Crippen LogP contribution in [0.5, 0.6) is 0 Å². The first-order valence-corrected chi connectivity index (χ1v) is 4.89. The molecule has 0 atom stereocenters. The van der Waals surface area contributed by atoms with Crippen LogP contribution in [0.3, 0.4) is 0 Å². The fourth-order valence-corrected chi connectivity index (χ4v) is 0.965. The molecule has 0 aliphatic heterocycles. The number of hydrogen-bond donors (Lipinski definition) is 0. The van der Waals surface area contributed by atoms with E-state index >= 15 is 0 Å². The third-order valence-electron chi connectivity index (χ3n) is 1.39. The second kappa shape index (κ2) is 4.78. The van der Waals surface area contributed by atoms with Gasteiger partial charge in [0.1, 0.15) is 11.4 Å². The number of carbonyl (C=O) groups excluding carboxylic acids is 1. The van der Waals surface area contributed by atoms with Crippen LogP contribution in [0.15, 0.2) is 18.2 Å². The van der Waals surface area contributed by atoms with Crippen molar-refractivity contribution in [3.05, 3.63) is 29.6 Å². The number of hydrogen-bond acceptors (Lipinski definition) is 2. The predicted octanol–water partition coefficient (Wildman–Crippen LogP) is 2.03. The van der Waals surface area contributed by atoms with Gasteiger partial charge in [-0.25, -0.2) is 4.98 Å². The van der Waals surface area contributed by atoms with Crippen molar-refractivity contribution in [2.75, 3.05) is 5.33 Å². The molecule has 0 aliphatic carbocycles. The summed E-state index contributed by atoms with van der Waals surface area (Å²) in [5.74, 6) is 5.61. The van der Waals surface area contributed by atoms with Gasteiger partial charge in [0, 0.05) is 6.92 Å². The molecule has 1 aromatic heterocycles. The molecule has 0 aliphatic rings. The zero-order valence-corrected chi connectivity index (χ0v) is 8.76. The maximum atomic E-state index is 11.0. The van der Waals surface area contributed by atoms with E-state index in [0.717, 1.165) is 0 Å². The molecule has 0 amide bonds. The number of carbonyl (C=O) groups is 1. The molecule has 66 valence electrons. The van der Waals surface area contributed by atoms with Gasteiger partial charge in [0.15, 0.2) is 5.78 Å². The fraction of sp³-hybridized carbons (Fsp3) is 0.200. The van der Waals surface area contributed by atoms with E-state index in [4.69, 9.17) is 0 Å². The van der Waals surface area contributed by atoms with Crippen molar-refractivity contribution in [1.82, 2.24) is 4.98 Å². The molecule has 0 spiro atoms. The van der Waals surface area contributed by atoms with E-state index < -0.39 is 0 Å². The second-order valence-corrected chi connectivity index (χ2v) is 2.96. The standard InChI is InChI=1S/C10H8BrNO/c1-8(13)10-6-2-4-9(12-10)5-3-7-11/h2,4,6H,7H2,1H3. The van der Waals surface area contributed by atoms with Crippen molar-refractivity contribution in [1.29, 1.82) is 0 Å². The highest BCUT2D eigenvalue weighted by molar-refractivity contribution is 9.09. The van der Waals surface area contributed by atoms with Gasteiger partial charge in [-0.05, 0) is 18.1 Å². The summed E-state index contributed by atoms with van der Waals surface area (Å²) < 4.78 is 0. The summed E-state index contributed by atoms with van der Waals surface area (Å²) in [6, 6.07) is 5.24. The lowest BCUT2D eigenvalue weighted by atomic mass is 10.2. The smallest absolute Gasteiger partial charge is 0.178 e. The van der Waals surface area contributed by atoms with Gasteiger partial charge < -0.3 is 0 Å². The highest BCUT2D eigenvalue weighted by Gasteiger charge is 1.99. The minimum absolute atomic E-state index is 0.0394. The molecule has 0 unspecified atom stereocenters. The van der Waals surface area contributed by atoms with E-state index in [-0.39, 0.29) is 5.78 Å². The molecule has 0 aromatic carbocycles. The molecule has 0 fully saturated rings. The number of rotatable bonds is 1. The monoisotopic (exact) mass is 237 g/mol. The molecule has 13 heavy (non-hydrogen) atoms. The third kappa shape index (κ3) is 3.00. The lowest BCUT2D eigenvalue weighted by Gasteiger charge is -1.93. The Hall–Kier alpha value is -1.14. The van der Waals surface area contributed by atoms with Crippen LogP contribution in [-0.2, 0) is 0 Å². The lowest BCUT2D eigenvalue weighted by molar-refractivity contribution is 0.101. The first kappa shape index (κ1) is 9.94. The van der Waals surface area contributed by atoms with Gasteiger partial charge in [-0.15, -0.1) is 0 Å². The van der Waals surface area contributed by atoms with Crippen LogP contribution < -0.4 is 0 Å². The average Bonchev–Trinajstić information content (AvgIpc) is 2.15. The number of Topliss-reactive ketones (excluding diaryl/α,β-unsaturated/α-hetero) is 1. The van der Waals surface area contributed by atoms with Crippen molar-refractivity contribution in [3.63, 3.8) is 0 Å². The quantitative estimate of drug-likeness (QED) is 0.425. The predicted molar refractivity (Wildman–Crippen MR) is 54.9 cm³/mol. The first-order chi connectivity index (χ1) is 6.24. The summed E-state index contributed by atoms with van der Waals surface area (Å²) in [5.41, 5.74) is 1.09. The van der Waals surface area contributed by atoms with Crippen LogP contribution >= 0.6 is 15.9 Å². The van der Waals surface area contributed by atoms with Gasteiger partial charge in [-0.1, -0.05) is 27.9 Å². The normalized spacial score (nSPS) is 8.77. The molecule has 1 aromatic rings. The molecule has 1 rings (SSSR count). The maximum absolute atomic E-state index is 11.0. The summed E-state index contributed by atoms with van der Waals surface area (Å²) in [6.07, 6.45) is 0. The summed E-state index contributed by atoms with van der Waals surface area (Å²) >= 11 is 3.19. The van der Waals surface area contributed by atoms with E-state index in [1.807, 2.05) is 0 Å². The Morgan fingerprint density at radius 2 is 2.38 bits per heavy atom. The van der Waals surface area contributed by atoms with E-state index in [1.54, 1.807) is 18.2 Å². The molecule has 2 nitrogen and oxygen atoms in total. The Morgan fingerprint density at radius 3 is 3.00 bits per heavy atom. The molecule has 3 heteroatoms. The highest BCUT2D eigenvalue weighted by Crippen LogP contribution is 1.98. The topological polar surface area (TPSA) is 30.0 Å². The van der Waals surface area contributed by atoms with E-state index in [9.17, 15) is 4.79 Å². The Bertz CT molecular complexity index is 376. The van der Waals surface area contributed by atoms with E-state index in [0.29, 0.717) is 16.7 Å². The zero-order valence-electron chi connectivity index (χ0n) is 7.17. The van der Waals surface area contributed by atoms with Crippen molar-refractivity contribution in [2.24, 2.45) is 0 Å². The van der Waals surface area contributed by atoms with Crippen molar-refractivity contribution in [3.8, 4) is 11.8 Å². The molecule has 1 heterocycles. The number of aromatic nitrogens is 1. The number of pyridine rings is 1. The number of ketones is 1. The zero-order chi connectivity index (χ0) is 9.68. The molecule has 0 radical (unpaired) electrons. The Balaban J connectivity index is 2.98. The fourth-order valence-electron chi connectivity index (χ4n) is 0.824. The third-order valence-corrected chi connectivity index (χ3v) is 1.67. The average molecular weight is 238 g/mol. The Morgan fingerprint density at radius 1 is 1.62 bits per heavy atom. The Labute approximate surface area is 85.5 Å². The number of alkyl halides is 1. The van der Waals surface area contributed by atoms with E-state index in [2.05, 4.69) is 32.8 Å². The van der Waals surface area contributed by atoms with Crippen molar-refractivity contribution < 1.29 is 4.79 Å². The van der Waals surface area contributed by atoms with Gasteiger partial charge in [0.25, 0.3) is 0 Å². The minimum atomic E-state index is -0.0394. The van der Waals surface area contributed by atoms with Crippen LogP contribution in [0, 0.1) is 11.8 Å². The van der Waals surface area contributed by atoms with Gasteiger partial charge in [-0.3, -0.25) is 4.79 Å². The van der Waals surface area contributed by atoms with Crippen LogP contribution in [0.2, 0.25) is 0 Å². The van der Waals surface area contributed by atoms with Gasteiger partial charge in [0.2, 0.25) is 0 Å². The summed E-state index contributed by atoms with van der Waals surface area (Å²) in [7, 11) is 0. The van der Waals surface area contributed by atoms with Gasteiger partial charge >= 0.3 is 0 Å². The largest absolute Gasteiger partial charge is 0.293 e. The molecule has 0 bridgehead atoms. The van der Waals surface area contributed by atoms with E-state index in [1.165, 1.54) is 6.92 Å². The van der Waals surface area contributed by atoms with Gasteiger partial charge in [0.05, 0.1) is 5.33 Å². The van der Waals surface area contributed by atoms with Crippen LogP contribution in [0.25, 0.3) is 0 Å². The molecule has 0 N–H and O–H groups in total. The molecule has 0 saturated carbocycles. The SMILES string of the molecule is CC(=O)c1cccc(C#CCBr)n1. The number of nitrogens with zero attached hydrogens (tertiary/aromatic N) is 1. The van der Waals surface area contributed by atoms with Crippen LogP contribution in [0.1, 0.15) is 23.1 Å². The molecular weight excluding hydrogens is 230 g/mol. The summed E-state index contributed by atoms with van der Waals surface area (Å²) in [6.45, 7) is 1.49. The summed E-state index contributed by atoms with van der Waals surface area (Å²) in [5, 5.41) is 0.610. The van der Waals surface area contributed by atoms with Crippen molar-refractivity contribution >= 4 is 21.7 Å². The van der Waals surface area contributed by atoms with Crippen LogP contribution in [-0.4, -0.2) is 16.1 Å². The van der Waals surface area contributed by atoms with Crippen molar-refractivity contribution in [2.45, 2.75) is 6.92 Å².